The predicted molar refractivity (Wildman–Crippen MR) is 81.2 cm³/mol. The number of aromatic nitrogens is 2. The van der Waals surface area contributed by atoms with Crippen molar-refractivity contribution in [1.82, 2.24) is 15.3 Å². The number of halogens is 1. The third-order valence-electron chi connectivity index (χ3n) is 3.33. The highest BCUT2D eigenvalue weighted by Crippen LogP contribution is 2.20. The number of aliphatic carboxylic acids is 1. The lowest BCUT2D eigenvalue weighted by Gasteiger charge is -2.18. The molecule has 6 nitrogen and oxygen atoms in total. The second-order valence-electron chi connectivity index (χ2n) is 5.36. The molecule has 0 aliphatic rings. The third kappa shape index (κ3) is 3.88. The Morgan fingerprint density at radius 3 is 2.35 bits per heavy atom. The van der Waals surface area contributed by atoms with Crippen LogP contribution in [0.15, 0.2) is 36.9 Å². The Morgan fingerprint density at radius 2 is 1.83 bits per heavy atom. The molecule has 23 heavy (non-hydrogen) atoms. The van der Waals surface area contributed by atoms with Gasteiger partial charge in [0.1, 0.15) is 18.2 Å². The number of carbonyl (C=O) groups is 2. The van der Waals surface area contributed by atoms with Crippen molar-refractivity contribution in [3.63, 3.8) is 0 Å². The molecule has 0 fully saturated rings. The van der Waals surface area contributed by atoms with E-state index in [2.05, 4.69) is 15.3 Å². The molecule has 7 heteroatoms. The van der Waals surface area contributed by atoms with Crippen LogP contribution in [0.1, 0.15) is 24.2 Å². The van der Waals surface area contributed by atoms with Gasteiger partial charge in [0.05, 0.1) is 5.56 Å². The smallest absolute Gasteiger partial charge is 0.326 e. The SMILES string of the molecule is CC(C)[C@H](NC(=O)c1ccc(-c2cncnc2)cc1F)C(=O)O. The molecular weight excluding hydrogens is 301 g/mol. The first-order valence-corrected chi connectivity index (χ1v) is 6.98. The Kier molecular flexibility index (Phi) is 5.00. The van der Waals surface area contributed by atoms with Gasteiger partial charge in [-0.1, -0.05) is 19.9 Å². The molecule has 0 unspecified atom stereocenters. The lowest BCUT2D eigenvalue weighted by atomic mass is 10.0. The van der Waals surface area contributed by atoms with Crippen molar-refractivity contribution in [2.75, 3.05) is 0 Å². The van der Waals surface area contributed by atoms with Gasteiger partial charge < -0.3 is 10.4 Å². The van der Waals surface area contributed by atoms with Crippen LogP contribution in [0.5, 0.6) is 0 Å². The van der Waals surface area contributed by atoms with E-state index in [1.165, 1.54) is 30.9 Å². The minimum atomic E-state index is -1.16. The Hall–Kier alpha value is -2.83. The molecule has 2 N–H and O–H groups in total. The van der Waals surface area contributed by atoms with E-state index in [4.69, 9.17) is 5.11 Å². The number of benzene rings is 1. The van der Waals surface area contributed by atoms with E-state index in [1.807, 2.05) is 0 Å². The number of carboxylic acid groups (broad SMARTS) is 1. The summed E-state index contributed by atoms with van der Waals surface area (Å²) in [4.78, 5) is 30.9. The molecule has 1 aromatic heterocycles. The Bertz CT molecular complexity index is 720. The van der Waals surface area contributed by atoms with Crippen LogP contribution < -0.4 is 5.32 Å². The monoisotopic (exact) mass is 317 g/mol. The van der Waals surface area contributed by atoms with E-state index in [9.17, 15) is 14.0 Å². The lowest BCUT2D eigenvalue weighted by Crippen LogP contribution is -2.44. The van der Waals surface area contributed by atoms with Crippen LogP contribution in [-0.4, -0.2) is 33.0 Å². The zero-order valence-corrected chi connectivity index (χ0v) is 12.7. The van der Waals surface area contributed by atoms with Gasteiger partial charge in [-0.25, -0.2) is 19.2 Å². The van der Waals surface area contributed by atoms with Crippen LogP contribution in [0, 0.1) is 11.7 Å². The maximum absolute atomic E-state index is 14.2. The fraction of sp³-hybridized carbons (Fsp3) is 0.250. The number of rotatable bonds is 5. The molecule has 2 rings (SSSR count). The topological polar surface area (TPSA) is 92.2 Å². The van der Waals surface area contributed by atoms with Crippen LogP contribution in [0.4, 0.5) is 4.39 Å². The molecule has 0 radical (unpaired) electrons. The molecule has 1 atom stereocenters. The summed E-state index contributed by atoms with van der Waals surface area (Å²) in [7, 11) is 0. The maximum Gasteiger partial charge on any atom is 0.326 e. The fourth-order valence-electron chi connectivity index (χ4n) is 2.06. The van der Waals surface area contributed by atoms with Crippen LogP contribution >= 0.6 is 0 Å². The number of carbonyl (C=O) groups excluding carboxylic acids is 1. The van der Waals surface area contributed by atoms with Crippen molar-refractivity contribution in [2.45, 2.75) is 19.9 Å². The second-order valence-corrected chi connectivity index (χ2v) is 5.36. The van der Waals surface area contributed by atoms with E-state index in [0.29, 0.717) is 11.1 Å². The van der Waals surface area contributed by atoms with Crippen LogP contribution in [0.3, 0.4) is 0 Å². The maximum atomic E-state index is 14.2. The minimum Gasteiger partial charge on any atom is -0.480 e. The van der Waals surface area contributed by atoms with Gasteiger partial charge in [-0.3, -0.25) is 4.79 Å². The van der Waals surface area contributed by atoms with Gasteiger partial charge in [-0.15, -0.1) is 0 Å². The lowest BCUT2D eigenvalue weighted by molar-refractivity contribution is -0.140. The number of carboxylic acids is 1. The molecule has 1 amide bonds. The first kappa shape index (κ1) is 16.5. The summed E-state index contributed by atoms with van der Waals surface area (Å²) in [5.41, 5.74) is 0.930. The van der Waals surface area contributed by atoms with Crippen molar-refractivity contribution in [1.29, 1.82) is 0 Å². The number of nitrogens with one attached hydrogen (secondary N) is 1. The molecule has 1 heterocycles. The molecule has 2 aromatic rings. The largest absolute Gasteiger partial charge is 0.480 e. The average Bonchev–Trinajstić information content (AvgIpc) is 2.52. The summed E-state index contributed by atoms with van der Waals surface area (Å²) < 4.78 is 14.2. The number of amides is 1. The van der Waals surface area contributed by atoms with Crippen molar-refractivity contribution >= 4 is 11.9 Å². The first-order chi connectivity index (χ1) is 10.9. The molecule has 0 spiro atoms. The van der Waals surface area contributed by atoms with E-state index < -0.39 is 23.7 Å². The standard InChI is InChI=1S/C16H16FN3O3/c1-9(2)14(16(22)23)20-15(21)12-4-3-10(5-13(12)17)11-6-18-8-19-7-11/h3-9,14H,1-2H3,(H,20,21)(H,22,23)/t14-/m0/s1. The highest BCUT2D eigenvalue weighted by atomic mass is 19.1. The minimum absolute atomic E-state index is 0.211. The Morgan fingerprint density at radius 1 is 1.17 bits per heavy atom. The molecule has 0 bridgehead atoms. The molecule has 1 aromatic carbocycles. The molecule has 0 saturated carbocycles. The summed E-state index contributed by atoms with van der Waals surface area (Å²) in [6.07, 6.45) is 4.42. The zero-order chi connectivity index (χ0) is 17.0. The summed E-state index contributed by atoms with van der Waals surface area (Å²) in [5, 5.41) is 11.4. The van der Waals surface area contributed by atoms with Gasteiger partial charge in [0, 0.05) is 18.0 Å². The molecular formula is C16H16FN3O3. The van der Waals surface area contributed by atoms with Crippen molar-refractivity contribution in [2.24, 2.45) is 5.92 Å². The van der Waals surface area contributed by atoms with Crippen LogP contribution in [0.2, 0.25) is 0 Å². The third-order valence-corrected chi connectivity index (χ3v) is 3.33. The van der Waals surface area contributed by atoms with E-state index >= 15 is 0 Å². The van der Waals surface area contributed by atoms with Crippen LogP contribution in [-0.2, 0) is 4.79 Å². The van der Waals surface area contributed by atoms with Gasteiger partial charge in [0.15, 0.2) is 0 Å². The zero-order valence-electron chi connectivity index (χ0n) is 12.7. The normalized spacial score (nSPS) is 12.0. The highest BCUT2D eigenvalue weighted by Gasteiger charge is 2.25. The molecule has 120 valence electrons. The Balaban J connectivity index is 2.24. The summed E-state index contributed by atoms with van der Waals surface area (Å²) in [6.45, 7) is 3.32. The highest BCUT2D eigenvalue weighted by molar-refractivity contribution is 5.97. The van der Waals surface area contributed by atoms with Crippen molar-refractivity contribution in [3.8, 4) is 11.1 Å². The predicted octanol–water partition coefficient (Wildman–Crippen LogP) is 2.12. The molecule has 0 aliphatic heterocycles. The quantitative estimate of drug-likeness (QED) is 0.881. The van der Waals surface area contributed by atoms with Gasteiger partial charge >= 0.3 is 5.97 Å². The molecule has 0 aliphatic carbocycles. The van der Waals surface area contributed by atoms with Crippen LogP contribution in [0.25, 0.3) is 11.1 Å². The van der Waals surface area contributed by atoms with Gasteiger partial charge in [-0.05, 0) is 23.6 Å². The van der Waals surface area contributed by atoms with Gasteiger partial charge in [0.25, 0.3) is 5.91 Å². The first-order valence-electron chi connectivity index (χ1n) is 6.98. The number of hydrogen-bond acceptors (Lipinski definition) is 4. The van der Waals surface area contributed by atoms with E-state index in [-0.39, 0.29) is 11.5 Å². The van der Waals surface area contributed by atoms with Gasteiger partial charge in [0.2, 0.25) is 0 Å². The summed E-state index contributed by atoms with van der Waals surface area (Å²) >= 11 is 0. The van der Waals surface area contributed by atoms with Gasteiger partial charge in [-0.2, -0.15) is 0 Å². The average molecular weight is 317 g/mol. The van der Waals surface area contributed by atoms with E-state index in [1.54, 1.807) is 19.9 Å². The number of hydrogen-bond donors (Lipinski definition) is 2. The van der Waals surface area contributed by atoms with E-state index in [0.717, 1.165) is 0 Å². The second kappa shape index (κ2) is 6.95. The Labute approximate surface area is 132 Å². The molecule has 0 saturated heterocycles. The van der Waals surface area contributed by atoms with Crippen molar-refractivity contribution in [3.05, 3.63) is 48.3 Å². The fourth-order valence-corrected chi connectivity index (χ4v) is 2.06. The number of nitrogens with zero attached hydrogens (tertiary/aromatic N) is 2. The summed E-state index contributed by atoms with van der Waals surface area (Å²) in [6, 6.07) is 2.98. The van der Waals surface area contributed by atoms with Crippen molar-refractivity contribution < 1.29 is 19.1 Å². The summed E-state index contributed by atoms with van der Waals surface area (Å²) in [5.74, 6) is -2.98.